The third-order valence-electron chi connectivity index (χ3n) is 3.94. The van der Waals surface area contributed by atoms with Gasteiger partial charge in [0.25, 0.3) is 0 Å². The Morgan fingerprint density at radius 1 is 0.917 bits per heavy atom. The van der Waals surface area contributed by atoms with Crippen LogP contribution in [0.5, 0.6) is 5.75 Å². The topological polar surface area (TPSA) is 61.8 Å². The van der Waals surface area contributed by atoms with E-state index in [9.17, 15) is 9.59 Å². The van der Waals surface area contributed by atoms with Crippen LogP contribution in [0.2, 0.25) is 0 Å². The molecule has 0 aliphatic heterocycles. The van der Waals surface area contributed by atoms with E-state index in [1.165, 1.54) is 20.3 Å². The molecule has 126 valence electrons. The fourth-order valence-electron chi connectivity index (χ4n) is 2.56. The number of rotatable bonds is 5. The summed E-state index contributed by atoms with van der Waals surface area (Å²) in [6, 6.07) is 12.5. The van der Waals surface area contributed by atoms with Gasteiger partial charge >= 0.3 is 11.9 Å². The number of carbonyl (C=O) groups is 2. The first-order chi connectivity index (χ1) is 11.5. The summed E-state index contributed by atoms with van der Waals surface area (Å²) >= 11 is 0. The molecule has 24 heavy (non-hydrogen) atoms. The van der Waals surface area contributed by atoms with Crippen molar-refractivity contribution in [1.82, 2.24) is 0 Å². The Morgan fingerprint density at radius 2 is 1.62 bits per heavy atom. The zero-order chi connectivity index (χ0) is 17.7. The minimum absolute atomic E-state index is 0.0825. The maximum atomic E-state index is 12.2. The lowest BCUT2D eigenvalue weighted by molar-refractivity contribution is 0.0598. The van der Waals surface area contributed by atoms with Crippen molar-refractivity contribution in [2.75, 3.05) is 21.3 Å². The van der Waals surface area contributed by atoms with Crippen LogP contribution in [0.25, 0.3) is 0 Å². The van der Waals surface area contributed by atoms with Crippen molar-refractivity contribution in [3.8, 4) is 5.75 Å². The summed E-state index contributed by atoms with van der Waals surface area (Å²) in [4.78, 5) is 23.9. The summed E-state index contributed by atoms with van der Waals surface area (Å²) in [6.07, 6.45) is 0. The van der Waals surface area contributed by atoms with E-state index in [2.05, 4.69) is 0 Å². The van der Waals surface area contributed by atoms with Gasteiger partial charge in [0.15, 0.2) is 0 Å². The highest BCUT2D eigenvalue weighted by Crippen LogP contribution is 2.30. The molecule has 5 heteroatoms. The van der Waals surface area contributed by atoms with E-state index in [-0.39, 0.29) is 5.92 Å². The summed E-state index contributed by atoms with van der Waals surface area (Å²) in [5, 5.41) is 0. The number of benzene rings is 2. The highest BCUT2D eigenvalue weighted by Gasteiger charge is 2.21. The van der Waals surface area contributed by atoms with Crippen molar-refractivity contribution in [3.05, 3.63) is 64.7 Å². The van der Waals surface area contributed by atoms with Crippen LogP contribution in [0, 0.1) is 0 Å². The standard InChI is InChI=1S/C19H20O5/c1-12(13-6-5-7-15(10-13)22-2)16-9-8-14(18(20)23-3)11-17(16)19(21)24-4/h5-12H,1-4H3. The largest absolute Gasteiger partial charge is 0.497 e. The summed E-state index contributed by atoms with van der Waals surface area (Å²) in [5.41, 5.74) is 2.41. The van der Waals surface area contributed by atoms with Gasteiger partial charge in [0, 0.05) is 5.92 Å². The summed E-state index contributed by atoms with van der Waals surface area (Å²) in [6.45, 7) is 1.98. The zero-order valence-corrected chi connectivity index (χ0v) is 14.2. The normalized spacial score (nSPS) is 11.5. The molecule has 0 saturated heterocycles. The molecule has 0 bridgehead atoms. The lowest BCUT2D eigenvalue weighted by atomic mass is 9.88. The molecule has 0 amide bonds. The Bertz CT molecular complexity index is 751. The quantitative estimate of drug-likeness (QED) is 0.787. The van der Waals surface area contributed by atoms with Crippen LogP contribution in [0.4, 0.5) is 0 Å². The SMILES string of the molecule is COC(=O)c1ccc(C(C)c2cccc(OC)c2)c(C(=O)OC)c1. The predicted molar refractivity (Wildman–Crippen MR) is 89.6 cm³/mol. The van der Waals surface area contributed by atoms with Gasteiger partial charge in [-0.05, 0) is 35.4 Å². The van der Waals surface area contributed by atoms with Crippen LogP contribution in [-0.2, 0) is 9.47 Å². The molecule has 0 spiro atoms. The van der Waals surface area contributed by atoms with E-state index in [4.69, 9.17) is 14.2 Å². The number of methoxy groups -OCH3 is 3. The van der Waals surface area contributed by atoms with Gasteiger partial charge in [0.2, 0.25) is 0 Å². The molecule has 2 aromatic carbocycles. The second kappa shape index (κ2) is 7.64. The van der Waals surface area contributed by atoms with Gasteiger partial charge in [-0.25, -0.2) is 9.59 Å². The van der Waals surface area contributed by atoms with E-state index in [1.54, 1.807) is 19.2 Å². The second-order valence-corrected chi connectivity index (χ2v) is 5.28. The maximum Gasteiger partial charge on any atom is 0.338 e. The van der Waals surface area contributed by atoms with Crippen molar-refractivity contribution in [3.63, 3.8) is 0 Å². The monoisotopic (exact) mass is 328 g/mol. The Labute approximate surface area is 141 Å². The predicted octanol–water partition coefficient (Wildman–Crippen LogP) is 3.42. The number of carbonyl (C=O) groups excluding carboxylic acids is 2. The van der Waals surface area contributed by atoms with E-state index < -0.39 is 11.9 Å². The number of esters is 2. The minimum Gasteiger partial charge on any atom is -0.497 e. The van der Waals surface area contributed by atoms with Crippen molar-refractivity contribution in [2.45, 2.75) is 12.8 Å². The van der Waals surface area contributed by atoms with E-state index in [0.29, 0.717) is 11.1 Å². The smallest absolute Gasteiger partial charge is 0.338 e. The highest BCUT2D eigenvalue weighted by atomic mass is 16.5. The van der Waals surface area contributed by atoms with E-state index in [1.807, 2.05) is 31.2 Å². The molecule has 0 radical (unpaired) electrons. The van der Waals surface area contributed by atoms with Crippen molar-refractivity contribution >= 4 is 11.9 Å². The van der Waals surface area contributed by atoms with Gasteiger partial charge in [-0.15, -0.1) is 0 Å². The fraction of sp³-hybridized carbons (Fsp3) is 0.263. The van der Waals surface area contributed by atoms with Crippen LogP contribution in [-0.4, -0.2) is 33.3 Å². The van der Waals surface area contributed by atoms with Crippen LogP contribution < -0.4 is 4.74 Å². The van der Waals surface area contributed by atoms with Gasteiger partial charge in [-0.2, -0.15) is 0 Å². The van der Waals surface area contributed by atoms with Gasteiger partial charge in [-0.1, -0.05) is 25.1 Å². The van der Waals surface area contributed by atoms with Crippen LogP contribution in [0.15, 0.2) is 42.5 Å². The molecule has 0 aliphatic carbocycles. The molecule has 5 nitrogen and oxygen atoms in total. The van der Waals surface area contributed by atoms with Crippen LogP contribution in [0.1, 0.15) is 44.7 Å². The third-order valence-corrected chi connectivity index (χ3v) is 3.94. The van der Waals surface area contributed by atoms with Crippen molar-refractivity contribution in [1.29, 1.82) is 0 Å². The molecule has 0 heterocycles. The Kier molecular flexibility index (Phi) is 5.58. The van der Waals surface area contributed by atoms with E-state index >= 15 is 0 Å². The molecule has 1 unspecified atom stereocenters. The van der Waals surface area contributed by atoms with Gasteiger partial charge in [-0.3, -0.25) is 0 Å². The van der Waals surface area contributed by atoms with Crippen molar-refractivity contribution < 1.29 is 23.8 Å². The number of ether oxygens (including phenoxy) is 3. The highest BCUT2D eigenvalue weighted by molar-refractivity contribution is 5.96. The average Bonchev–Trinajstić information content (AvgIpc) is 2.65. The molecule has 0 fully saturated rings. The van der Waals surface area contributed by atoms with Gasteiger partial charge in [0.05, 0.1) is 32.5 Å². The molecule has 2 aromatic rings. The van der Waals surface area contributed by atoms with Gasteiger partial charge < -0.3 is 14.2 Å². The van der Waals surface area contributed by atoms with E-state index in [0.717, 1.165) is 16.9 Å². The zero-order valence-electron chi connectivity index (χ0n) is 14.2. The molecule has 0 aliphatic rings. The van der Waals surface area contributed by atoms with Gasteiger partial charge in [0.1, 0.15) is 5.75 Å². The third kappa shape index (κ3) is 3.56. The lowest BCUT2D eigenvalue weighted by Crippen LogP contribution is -2.11. The first kappa shape index (κ1) is 17.5. The van der Waals surface area contributed by atoms with Crippen LogP contribution in [0.3, 0.4) is 0 Å². The average molecular weight is 328 g/mol. The molecule has 0 N–H and O–H groups in total. The number of hydrogen-bond donors (Lipinski definition) is 0. The summed E-state index contributed by atoms with van der Waals surface area (Å²) in [7, 11) is 4.22. The molecular formula is C19H20O5. The maximum absolute atomic E-state index is 12.2. The molecule has 0 saturated carbocycles. The molecular weight excluding hydrogens is 308 g/mol. The second-order valence-electron chi connectivity index (χ2n) is 5.28. The lowest BCUT2D eigenvalue weighted by Gasteiger charge is -2.17. The molecule has 0 aromatic heterocycles. The summed E-state index contributed by atoms with van der Waals surface area (Å²) < 4.78 is 14.8. The fourth-order valence-corrected chi connectivity index (χ4v) is 2.56. The first-order valence-electron chi connectivity index (χ1n) is 7.46. The van der Waals surface area contributed by atoms with Crippen molar-refractivity contribution in [2.24, 2.45) is 0 Å². The number of hydrogen-bond acceptors (Lipinski definition) is 5. The molecule has 2 rings (SSSR count). The Balaban J connectivity index is 2.51. The van der Waals surface area contributed by atoms with Crippen LogP contribution >= 0.6 is 0 Å². The summed E-state index contributed by atoms with van der Waals surface area (Å²) in [5.74, 6) is -0.336. The minimum atomic E-state index is -0.499. The Hall–Kier alpha value is -2.82. The Morgan fingerprint density at radius 3 is 2.25 bits per heavy atom. The first-order valence-corrected chi connectivity index (χ1v) is 7.46. The molecule has 1 atom stereocenters.